The summed E-state index contributed by atoms with van der Waals surface area (Å²) in [6.07, 6.45) is 0. The van der Waals surface area contributed by atoms with Crippen LogP contribution in [0.3, 0.4) is 0 Å². The normalized spacial score (nSPS) is 24.0. The molecule has 1 fully saturated rings. The van der Waals surface area contributed by atoms with Gasteiger partial charge in [0.1, 0.15) is 6.04 Å². The molecule has 1 aliphatic heterocycles. The number of Topliss-reactive ketones (excluding diaryl/α,β-unsaturated/α-hetero) is 1. The molecule has 1 aromatic carbocycles. The van der Waals surface area contributed by atoms with Gasteiger partial charge in [-0.1, -0.05) is 53.5 Å². The average molecular weight is 259 g/mol. The van der Waals surface area contributed by atoms with Crippen LogP contribution in [0, 0.1) is 0 Å². The minimum atomic E-state index is -2.04. The van der Waals surface area contributed by atoms with Gasteiger partial charge in [0.25, 0.3) is 10.2 Å². The number of nitrogens with one attached hydrogen (secondary N) is 2. The van der Waals surface area contributed by atoms with Gasteiger partial charge in [0.2, 0.25) is 5.78 Å². The molecule has 1 atom stereocenters. The number of amides is 1. The summed E-state index contributed by atoms with van der Waals surface area (Å²) < 4.78 is -2.04. The quantitative estimate of drug-likeness (QED) is 0.586. The second-order valence-electron chi connectivity index (χ2n) is 3.38. The van der Waals surface area contributed by atoms with Gasteiger partial charge in [-0.3, -0.25) is 15.0 Å². The SMILES string of the molecule is O=C1NNC(c2ccccc2)C(=O)C1(Cl)Cl. The first kappa shape index (κ1) is 11.4. The number of rotatable bonds is 1. The smallest absolute Gasteiger partial charge is 0.278 e. The number of alkyl halides is 2. The fourth-order valence-corrected chi connectivity index (χ4v) is 1.77. The predicted molar refractivity (Wildman–Crippen MR) is 59.9 cm³/mol. The van der Waals surface area contributed by atoms with Crippen molar-refractivity contribution >= 4 is 34.9 Å². The van der Waals surface area contributed by atoms with Gasteiger partial charge in [0.05, 0.1) is 0 Å². The molecule has 16 heavy (non-hydrogen) atoms. The van der Waals surface area contributed by atoms with Crippen LogP contribution in [0.1, 0.15) is 11.6 Å². The number of hydrogen-bond acceptors (Lipinski definition) is 3. The van der Waals surface area contributed by atoms with Crippen molar-refractivity contribution in [2.45, 2.75) is 10.4 Å². The number of carbonyl (C=O) groups is 2. The summed E-state index contributed by atoms with van der Waals surface area (Å²) in [7, 11) is 0. The van der Waals surface area contributed by atoms with Crippen molar-refractivity contribution in [3.8, 4) is 0 Å². The predicted octanol–water partition coefficient (Wildman–Crippen LogP) is 1.11. The topological polar surface area (TPSA) is 58.2 Å². The van der Waals surface area contributed by atoms with Gasteiger partial charge >= 0.3 is 0 Å². The van der Waals surface area contributed by atoms with Crippen LogP contribution in [-0.4, -0.2) is 16.0 Å². The molecule has 1 aliphatic rings. The highest BCUT2D eigenvalue weighted by atomic mass is 35.5. The molecule has 84 valence electrons. The third-order valence-corrected chi connectivity index (χ3v) is 3.04. The van der Waals surface area contributed by atoms with Gasteiger partial charge in [0.15, 0.2) is 0 Å². The third-order valence-electron chi connectivity index (χ3n) is 2.32. The summed E-state index contributed by atoms with van der Waals surface area (Å²) in [6.45, 7) is 0. The summed E-state index contributed by atoms with van der Waals surface area (Å²) in [4.78, 5) is 23.1. The van der Waals surface area contributed by atoms with Crippen molar-refractivity contribution in [2.24, 2.45) is 0 Å². The van der Waals surface area contributed by atoms with Crippen LogP contribution in [0.15, 0.2) is 30.3 Å². The molecular weight excluding hydrogens is 251 g/mol. The summed E-state index contributed by atoms with van der Waals surface area (Å²) in [6, 6.07) is 8.15. The van der Waals surface area contributed by atoms with Crippen LogP contribution in [0.5, 0.6) is 0 Å². The minimum Gasteiger partial charge on any atom is -0.293 e. The fraction of sp³-hybridized carbons (Fsp3) is 0.200. The summed E-state index contributed by atoms with van der Waals surface area (Å²) >= 11 is 11.4. The van der Waals surface area contributed by atoms with Crippen molar-refractivity contribution in [2.75, 3.05) is 0 Å². The van der Waals surface area contributed by atoms with Crippen LogP contribution in [-0.2, 0) is 9.59 Å². The summed E-state index contributed by atoms with van der Waals surface area (Å²) in [5, 5.41) is 0. The highest BCUT2D eigenvalue weighted by Gasteiger charge is 2.49. The van der Waals surface area contributed by atoms with Crippen molar-refractivity contribution in [1.82, 2.24) is 10.9 Å². The van der Waals surface area contributed by atoms with Gasteiger partial charge in [0, 0.05) is 0 Å². The summed E-state index contributed by atoms with van der Waals surface area (Å²) in [5.74, 6) is -1.33. The Morgan fingerprint density at radius 2 is 1.75 bits per heavy atom. The Hall–Kier alpha value is -1.10. The van der Waals surface area contributed by atoms with E-state index in [2.05, 4.69) is 10.9 Å². The Bertz CT molecular complexity index is 434. The highest BCUT2D eigenvalue weighted by Crippen LogP contribution is 2.31. The van der Waals surface area contributed by atoms with Gasteiger partial charge in [-0.2, -0.15) is 0 Å². The Balaban J connectivity index is 2.32. The van der Waals surface area contributed by atoms with E-state index in [1.807, 2.05) is 6.07 Å². The molecule has 1 saturated heterocycles. The number of hydrogen-bond donors (Lipinski definition) is 2. The lowest BCUT2D eigenvalue weighted by atomic mass is 9.99. The third kappa shape index (κ3) is 1.80. The van der Waals surface area contributed by atoms with Crippen LogP contribution < -0.4 is 10.9 Å². The number of benzene rings is 1. The molecule has 1 amide bonds. The Labute approximate surface area is 102 Å². The highest BCUT2D eigenvalue weighted by molar-refractivity contribution is 6.68. The van der Waals surface area contributed by atoms with Crippen molar-refractivity contribution < 1.29 is 9.59 Å². The molecule has 1 heterocycles. The Morgan fingerprint density at radius 1 is 1.12 bits per heavy atom. The lowest BCUT2D eigenvalue weighted by molar-refractivity contribution is -0.135. The van der Waals surface area contributed by atoms with E-state index in [0.29, 0.717) is 5.56 Å². The maximum absolute atomic E-state index is 11.9. The van der Waals surface area contributed by atoms with Crippen LogP contribution in [0.2, 0.25) is 0 Å². The first-order valence-corrected chi connectivity index (χ1v) is 5.32. The molecular formula is C10H8Cl2N2O2. The standard InChI is InChI=1S/C10H8Cl2N2O2/c11-10(12)8(15)7(13-14-9(10)16)6-4-2-1-3-5-6/h1-5,7,13H,(H,14,16). The van der Waals surface area contributed by atoms with Crippen molar-refractivity contribution in [3.05, 3.63) is 35.9 Å². The molecule has 2 rings (SSSR count). The first-order valence-electron chi connectivity index (χ1n) is 4.56. The molecule has 0 aliphatic carbocycles. The number of carbonyl (C=O) groups excluding carboxylic acids is 2. The molecule has 0 bridgehead atoms. The monoisotopic (exact) mass is 258 g/mol. The van der Waals surface area contributed by atoms with Gasteiger partial charge in [-0.15, -0.1) is 0 Å². The van der Waals surface area contributed by atoms with E-state index in [1.54, 1.807) is 24.3 Å². The molecule has 0 saturated carbocycles. The molecule has 2 N–H and O–H groups in total. The first-order chi connectivity index (χ1) is 7.53. The van der Waals surface area contributed by atoms with E-state index >= 15 is 0 Å². The molecule has 1 aromatic rings. The van der Waals surface area contributed by atoms with E-state index in [1.165, 1.54) is 0 Å². The molecule has 6 heteroatoms. The molecule has 4 nitrogen and oxygen atoms in total. The van der Waals surface area contributed by atoms with Crippen molar-refractivity contribution in [1.29, 1.82) is 0 Å². The average Bonchev–Trinajstić information content (AvgIpc) is 2.28. The van der Waals surface area contributed by atoms with Crippen molar-refractivity contribution in [3.63, 3.8) is 0 Å². The largest absolute Gasteiger partial charge is 0.293 e. The van der Waals surface area contributed by atoms with E-state index in [0.717, 1.165) is 0 Å². The number of ketones is 1. The Morgan fingerprint density at radius 3 is 2.38 bits per heavy atom. The zero-order valence-corrected chi connectivity index (χ0v) is 9.55. The minimum absolute atomic E-state index is 0.578. The zero-order valence-electron chi connectivity index (χ0n) is 8.04. The number of halogens is 2. The van der Waals surface area contributed by atoms with E-state index in [9.17, 15) is 9.59 Å². The number of hydrazine groups is 1. The molecule has 1 unspecified atom stereocenters. The zero-order chi connectivity index (χ0) is 11.8. The van der Waals surface area contributed by atoms with Gasteiger partial charge in [-0.25, -0.2) is 5.43 Å². The molecule has 0 radical (unpaired) electrons. The van der Waals surface area contributed by atoms with Crippen LogP contribution in [0.4, 0.5) is 0 Å². The van der Waals surface area contributed by atoms with Crippen LogP contribution in [0.25, 0.3) is 0 Å². The van der Waals surface area contributed by atoms with Crippen LogP contribution >= 0.6 is 23.2 Å². The molecule has 0 aromatic heterocycles. The maximum Gasteiger partial charge on any atom is 0.278 e. The van der Waals surface area contributed by atoms with E-state index < -0.39 is 22.1 Å². The summed E-state index contributed by atoms with van der Waals surface area (Å²) in [5.41, 5.74) is 5.54. The molecule has 0 spiro atoms. The fourth-order valence-electron chi connectivity index (χ4n) is 1.46. The van der Waals surface area contributed by atoms with Gasteiger partial charge < -0.3 is 0 Å². The maximum atomic E-state index is 11.9. The Kier molecular flexibility index (Phi) is 2.88. The second-order valence-corrected chi connectivity index (χ2v) is 4.71. The second kappa shape index (κ2) is 4.05. The lowest BCUT2D eigenvalue weighted by Gasteiger charge is -2.30. The van der Waals surface area contributed by atoms with Gasteiger partial charge in [-0.05, 0) is 5.56 Å². The lowest BCUT2D eigenvalue weighted by Crippen LogP contribution is -2.60. The van der Waals surface area contributed by atoms with E-state index in [4.69, 9.17) is 23.2 Å². The van der Waals surface area contributed by atoms with E-state index in [-0.39, 0.29) is 0 Å².